The molecule has 0 bridgehead atoms. The molecule has 1 aromatic carbocycles. The van der Waals surface area contributed by atoms with Crippen LogP contribution in [-0.4, -0.2) is 13.0 Å². The van der Waals surface area contributed by atoms with E-state index in [0.717, 1.165) is 0 Å². The molecule has 0 aliphatic carbocycles. The number of hydrogen-bond acceptors (Lipinski definition) is 2. The van der Waals surface area contributed by atoms with Gasteiger partial charge in [0.1, 0.15) is 5.25 Å². The van der Waals surface area contributed by atoms with E-state index in [1.165, 1.54) is 0 Å². The zero-order chi connectivity index (χ0) is 12.3. The molecule has 3 nitrogen and oxygen atoms in total. The summed E-state index contributed by atoms with van der Waals surface area (Å²) in [5, 5.41) is -0.548. The molecule has 90 valence electrons. The van der Waals surface area contributed by atoms with E-state index in [0.29, 0.717) is 18.4 Å². The van der Waals surface area contributed by atoms with Gasteiger partial charge in [0, 0.05) is 0 Å². The average Bonchev–Trinajstić information content (AvgIpc) is 2.18. The number of halogens is 2. The fourth-order valence-electron chi connectivity index (χ4n) is 1.50. The van der Waals surface area contributed by atoms with E-state index in [9.17, 15) is 8.42 Å². The molecule has 0 amide bonds. The first kappa shape index (κ1) is 13.8. The van der Waals surface area contributed by atoms with Crippen molar-refractivity contribution in [2.24, 2.45) is 0 Å². The van der Waals surface area contributed by atoms with Crippen LogP contribution in [0, 0.1) is 0 Å². The minimum Gasteiger partial charge on any atom is -0.285 e. The van der Waals surface area contributed by atoms with Gasteiger partial charge in [-0.25, -0.2) is 0 Å². The molecule has 6 heteroatoms. The van der Waals surface area contributed by atoms with E-state index in [1.807, 2.05) is 6.92 Å². The summed E-state index contributed by atoms with van der Waals surface area (Å²) in [6, 6.07) is 4.74. The number of benzene rings is 1. The van der Waals surface area contributed by atoms with E-state index >= 15 is 0 Å². The van der Waals surface area contributed by atoms with Crippen molar-refractivity contribution in [3.8, 4) is 0 Å². The molecule has 0 spiro atoms. The van der Waals surface area contributed by atoms with Gasteiger partial charge in [0.2, 0.25) is 0 Å². The smallest absolute Gasteiger partial charge is 0.272 e. The van der Waals surface area contributed by atoms with Crippen molar-refractivity contribution in [3.63, 3.8) is 0 Å². The highest BCUT2D eigenvalue weighted by Gasteiger charge is 2.26. The topological polar surface area (TPSA) is 54.4 Å². The van der Waals surface area contributed by atoms with Gasteiger partial charge in [-0.3, -0.25) is 4.55 Å². The highest BCUT2D eigenvalue weighted by Crippen LogP contribution is 2.35. The highest BCUT2D eigenvalue weighted by molar-refractivity contribution is 7.86. The van der Waals surface area contributed by atoms with Crippen molar-refractivity contribution in [1.82, 2.24) is 0 Å². The third kappa shape index (κ3) is 3.10. The van der Waals surface area contributed by atoms with Crippen LogP contribution in [0.3, 0.4) is 0 Å². The summed E-state index contributed by atoms with van der Waals surface area (Å²) in [6.45, 7) is 1.83. The second-order valence-electron chi connectivity index (χ2n) is 3.44. The SMILES string of the molecule is CCCC(c1cccc(Cl)c1Cl)S(=O)(=O)O. The first-order chi connectivity index (χ1) is 7.38. The maximum Gasteiger partial charge on any atom is 0.272 e. The second-order valence-corrected chi connectivity index (χ2v) is 5.82. The van der Waals surface area contributed by atoms with Crippen LogP contribution >= 0.6 is 23.2 Å². The van der Waals surface area contributed by atoms with Gasteiger partial charge >= 0.3 is 0 Å². The van der Waals surface area contributed by atoms with Crippen LogP contribution in [0.2, 0.25) is 10.0 Å². The lowest BCUT2D eigenvalue weighted by Crippen LogP contribution is -2.12. The first-order valence-electron chi connectivity index (χ1n) is 4.78. The molecular formula is C10H12Cl2O3S. The van der Waals surface area contributed by atoms with E-state index in [-0.39, 0.29) is 10.0 Å². The molecule has 0 saturated heterocycles. The van der Waals surface area contributed by atoms with E-state index in [4.69, 9.17) is 27.8 Å². The molecule has 1 unspecified atom stereocenters. The monoisotopic (exact) mass is 282 g/mol. The summed E-state index contributed by atoms with van der Waals surface area (Å²) in [7, 11) is -4.16. The molecule has 0 aliphatic heterocycles. The van der Waals surface area contributed by atoms with Crippen molar-refractivity contribution in [2.75, 3.05) is 0 Å². The van der Waals surface area contributed by atoms with Crippen LogP contribution in [-0.2, 0) is 10.1 Å². The minimum absolute atomic E-state index is 0.181. The zero-order valence-corrected chi connectivity index (χ0v) is 11.0. The van der Waals surface area contributed by atoms with Gasteiger partial charge in [0.05, 0.1) is 10.0 Å². The van der Waals surface area contributed by atoms with Gasteiger partial charge in [0.15, 0.2) is 0 Å². The van der Waals surface area contributed by atoms with Crippen molar-refractivity contribution < 1.29 is 13.0 Å². The molecule has 0 aliphatic rings. The Morgan fingerprint density at radius 2 is 2.00 bits per heavy atom. The summed E-state index contributed by atoms with van der Waals surface area (Å²) in [5.74, 6) is 0. The van der Waals surface area contributed by atoms with Crippen LogP contribution < -0.4 is 0 Å². The molecule has 1 atom stereocenters. The molecule has 16 heavy (non-hydrogen) atoms. The van der Waals surface area contributed by atoms with E-state index < -0.39 is 15.4 Å². The Labute approximate surface area is 105 Å². The van der Waals surface area contributed by atoms with Gasteiger partial charge in [-0.15, -0.1) is 0 Å². The molecule has 0 aromatic heterocycles. The van der Waals surface area contributed by atoms with Crippen LogP contribution in [0.4, 0.5) is 0 Å². The van der Waals surface area contributed by atoms with Crippen LogP contribution in [0.15, 0.2) is 18.2 Å². The van der Waals surface area contributed by atoms with Crippen LogP contribution in [0.25, 0.3) is 0 Å². The summed E-state index contributed by atoms with van der Waals surface area (Å²) in [6.07, 6.45) is 0.923. The molecular weight excluding hydrogens is 271 g/mol. The Morgan fingerprint density at radius 1 is 1.38 bits per heavy atom. The largest absolute Gasteiger partial charge is 0.285 e. The van der Waals surface area contributed by atoms with Crippen molar-refractivity contribution >= 4 is 33.3 Å². The Hall–Kier alpha value is -0.290. The Kier molecular flexibility index (Phi) is 4.62. The quantitative estimate of drug-likeness (QED) is 0.857. The third-order valence-electron chi connectivity index (χ3n) is 2.24. The molecule has 1 rings (SSSR count). The minimum atomic E-state index is -4.16. The third-order valence-corrected chi connectivity index (χ3v) is 4.28. The standard InChI is InChI=1S/C10H12Cl2O3S/c1-2-4-9(16(13,14)15)7-5-3-6-8(11)10(7)12/h3,5-6,9H,2,4H2,1H3,(H,13,14,15). The summed E-state index contributed by atoms with van der Waals surface area (Å²) >= 11 is 11.7. The number of hydrogen-bond donors (Lipinski definition) is 1. The maximum atomic E-state index is 11.2. The van der Waals surface area contributed by atoms with Crippen LogP contribution in [0.5, 0.6) is 0 Å². The lowest BCUT2D eigenvalue weighted by molar-refractivity contribution is 0.463. The molecule has 0 saturated carbocycles. The van der Waals surface area contributed by atoms with Crippen molar-refractivity contribution in [3.05, 3.63) is 33.8 Å². The summed E-state index contributed by atoms with van der Waals surface area (Å²) < 4.78 is 31.6. The lowest BCUT2D eigenvalue weighted by atomic mass is 10.1. The Balaban J connectivity index is 3.27. The predicted molar refractivity (Wildman–Crippen MR) is 65.7 cm³/mol. The Morgan fingerprint density at radius 3 is 2.50 bits per heavy atom. The molecule has 1 aromatic rings. The zero-order valence-electron chi connectivity index (χ0n) is 8.65. The van der Waals surface area contributed by atoms with Gasteiger partial charge in [0.25, 0.3) is 10.1 Å². The van der Waals surface area contributed by atoms with Gasteiger partial charge in [-0.05, 0) is 18.1 Å². The normalized spacial score (nSPS) is 13.8. The molecule has 1 N–H and O–H groups in total. The van der Waals surface area contributed by atoms with E-state index in [1.54, 1.807) is 18.2 Å². The summed E-state index contributed by atoms with van der Waals surface area (Å²) in [4.78, 5) is 0. The fraction of sp³-hybridized carbons (Fsp3) is 0.400. The maximum absolute atomic E-state index is 11.2. The highest BCUT2D eigenvalue weighted by atomic mass is 35.5. The predicted octanol–water partition coefficient (Wildman–Crippen LogP) is 3.72. The van der Waals surface area contributed by atoms with E-state index in [2.05, 4.69) is 0 Å². The fourth-order valence-corrected chi connectivity index (χ4v) is 3.05. The number of rotatable bonds is 4. The van der Waals surface area contributed by atoms with Crippen molar-refractivity contribution in [1.29, 1.82) is 0 Å². The van der Waals surface area contributed by atoms with Gasteiger partial charge < -0.3 is 0 Å². The van der Waals surface area contributed by atoms with Crippen LogP contribution in [0.1, 0.15) is 30.6 Å². The Bertz CT molecular complexity index is 471. The second kappa shape index (κ2) is 5.36. The molecule has 0 fully saturated rings. The lowest BCUT2D eigenvalue weighted by Gasteiger charge is -2.15. The average molecular weight is 283 g/mol. The van der Waals surface area contributed by atoms with Gasteiger partial charge in [-0.1, -0.05) is 48.7 Å². The molecule has 0 heterocycles. The molecule has 0 radical (unpaired) electrons. The first-order valence-corrected chi connectivity index (χ1v) is 7.04. The summed E-state index contributed by atoms with van der Waals surface area (Å²) in [5.41, 5.74) is 0.346. The van der Waals surface area contributed by atoms with Gasteiger partial charge in [-0.2, -0.15) is 8.42 Å². The van der Waals surface area contributed by atoms with Crippen molar-refractivity contribution in [2.45, 2.75) is 25.0 Å².